The summed E-state index contributed by atoms with van der Waals surface area (Å²) in [4.78, 5) is 19.5. The Morgan fingerprint density at radius 3 is 0.929 bits per heavy atom. The van der Waals surface area contributed by atoms with Crippen LogP contribution in [0.5, 0.6) is 0 Å². The minimum Gasteiger partial charge on any atom is -0.479 e. The van der Waals surface area contributed by atoms with Gasteiger partial charge >= 0.3 is 11.9 Å². The van der Waals surface area contributed by atoms with Gasteiger partial charge in [0.05, 0.1) is 0 Å². The van der Waals surface area contributed by atoms with Gasteiger partial charge < -0.3 is 10.2 Å². The fourth-order valence-electron chi connectivity index (χ4n) is 0. The summed E-state index contributed by atoms with van der Waals surface area (Å²) >= 11 is 20.1. The maximum Gasteiger partial charge on any atom is 0.339 e. The molecule has 0 aromatic heterocycles. The predicted octanol–water partition coefficient (Wildman–Crippen LogP) is 2.53. The smallest absolute Gasteiger partial charge is 0.339 e. The molecule has 84 valence electrons. The zero-order valence-corrected chi connectivity index (χ0v) is 10.2. The first-order chi connectivity index (χ1) is 5.89. The fraction of sp³-hybridized carbons (Fsp3) is 0.667. The SMILES string of the molecule is CC(Cl)(Cl)C(=O)O.CC(Cl)(Cl)C(=O)O. The first-order valence-electron chi connectivity index (χ1n) is 3.11. The van der Waals surface area contributed by atoms with Crippen molar-refractivity contribution in [1.29, 1.82) is 0 Å². The summed E-state index contributed by atoms with van der Waals surface area (Å²) in [6.07, 6.45) is 0. The number of halogens is 4. The van der Waals surface area contributed by atoms with Gasteiger partial charge in [-0.3, -0.25) is 0 Å². The molecule has 0 fully saturated rings. The lowest BCUT2D eigenvalue weighted by atomic mass is 10.5. The van der Waals surface area contributed by atoms with Crippen LogP contribution >= 0.6 is 46.4 Å². The summed E-state index contributed by atoms with van der Waals surface area (Å²) in [6, 6.07) is 0. The van der Waals surface area contributed by atoms with Gasteiger partial charge in [-0.2, -0.15) is 0 Å². The Hall–Kier alpha value is 0.1000. The average molecular weight is 286 g/mol. The normalized spacial score (nSPS) is 11.3. The van der Waals surface area contributed by atoms with E-state index in [-0.39, 0.29) is 0 Å². The topological polar surface area (TPSA) is 74.6 Å². The van der Waals surface area contributed by atoms with E-state index in [1.165, 1.54) is 13.8 Å². The first kappa shape index (κ1) is 16.5. The third-order valence-corrected chi connectivity index (χ3v) is 1.40. The number of carboxylic acids is 2. The van der Waals surface area contributed by atoms with Crippen LogP contribution in [0.15, 0.2) is 0 Å². The summed E-state index contributed by atoms with van der Waals surface area (Å²) in [5.41, 5.74) is 0. The van der Waals surface area contributed by atoms with Crippen molar-refractivity contribution in [2.24, 2.45) is 0 Å². The van der Waals surface area contributed by atoms with Crippen LogP contribution in [-0.2, 0) is 9.59 Å². The molecule has 0 aromatic rings. The van der Waals surface area contributed by atoms with E-state index in [9.17, 15) is 9.59 Å². The molecule has 0 aliphatic rings. The molecule has 0 rings (SSSR count). The first-order valence-corrected chi connectivity index (χ1v) is 4.62. The molecule has 2 N–H and O–H groups in total. The van der Waals surface area contributed by atoms with E-state index in [1.54, 1.807) is 0 Å². The van der Waals surface area contributed by atoms with Crippen molar-refractivity contribution in [2.75, 3.05) is 0 Å². The van der Waals surface area contributed by atoms with Crippen molar-refractivity contribution >= 4 is 58.3 Å². The highest BCUT2D eigenvalue weighted by Crippen LogP contribution is 2.18. The maximum atomic E-state index is 9.76. The number of rotatable bonds is 2. The van der Waals surface area contributed by atoms with E-state index in [0.717, 1.165) is 0 Å². The summed E-state index contributed by atoms with van der Waals surface area (Å²) in [7, 11) is 0. The second kappa shape index (κ2) is 5.85. The third-order valence-electron chi connectivity index (χ3n) is 0.751. The molecule has 0 heterocycles. The van der Waals surface area contributed by atoms with Crippen molar-refractivity contribution in [3.05, 3.63) is 0 Å². The summed E-state index contributed by atoms with van der Waals surface area (Å²) in [5, 5.41) is 16.0. The van der Waals surface area contributed by atoms with E-state index in [2.05, 4.69) is 0 Å². The van der Waals surface area contributed by atoms with Crippen LogP contribution in [0.4, 0.5) is 0 Å². The van der Waals surface area contributed by atoms with Crippen molar-refractivity contribution < 1.29 is 19.8 Å². The van der Waals surface area contributed by atoms with Gasteiger partial charge in [0.15, 0.2) is 0 Å². The van der Waals surface area contributed by atoms with Gasteiger partial charge in [0.2, 0.25) is 8.67 Å². The predicted molar refractivity (Wildman–Crippen MR) is 55.5 cm³/mol. The zero-order chi connectivity index (χ0) is 12.2. The Morgan fingerprint density at radius 2 is 0.929 bits per heavy atom. The van der Waals surface area contributed by atoms with Gasteiger partial charge in [0, 0.05) is 0 Å². The molecule has 0 aromatic carbocycles. The van der Waals surface area contributed by atoms with Gasteiger partial charge in [-0.1, -0.05) is 46.4 Å². The van der Waals surface area contributed by atoms with Crippen molar-refractivity contribution in [3.8, 4) is 0 Å². The Bertz CT molecular complexity index is 191. The quantitative estimate of drug-likeness (QED) is 0.765. The molecule has 0 spiro atoms. The molecular weight excluding hydrogens is 278 g/mol. The Kier molecular flexibility index (Phi) is 6.91. The number of carbonyl (C=O) groups is 2. The van der Waals surface area contributed by atoms with E-state index in [0.29, 0.717) is 0 Å². The number of alkyl halides is 4. The molecule has 0 bridgehead atoms. The Labute approximate surface area is 101 Å². The molecule has 0 unspecified atom stereocenters. The van der Waals surface area contributed by atoms with E-state index in [1.807, 2.05) is 0 Å². The van der Waals surface area contributed by atoms with Crippen LogP contribution in [0.25, 0.3) is 0 Å². The fourth-order valence-corrected chi connectivity index (χ4v) is 0. The Balaban J connectivity index is 0. The van der Waals surface area contributed by atoms with Crippen molar-refractivity contribution in [1.82, 2.24) is 0 Å². The molecule has 0 saturated carbocycles. The van der Waals surface area contributed by atoms with Gasteiger partial charge in [-0.25, -0.2) is 9.59 Å². The second-order valence-corrected chi connectivity index (χ2v) is 5.80. The minimum atomic E-state index is -1.64. The van der Waals surface area contributed by atoms with Crippen molar-refractivity contribution in [2.45, 2.75) is 22.5 Å². The lowest BCUT2D eigenvalue weighted by Gasteiger charge is -2.02. The van der Waals surface area contributed by atoms with Crippen LogP contribution < -0.4 is 0 Å². The third kappa shape index (κ3) is 10.2. The molecular formula is C6H8Cl4O4. The number of hydrogen-bond acceptors (Lipinski definition) is 2. The largest absolute Gasteiger partial charge is 0.479 e. The van der Waals surface area contributed by atoms with Crippen LogP contribution in [0, 0.1) is 0 Å². The maximum absolute atomic E-state index is 9.76. The Morgan fingerprint density at radius 1 is 0.857 bits per heavy atom. The second-order valence-electron chi connectivity index (χ2n) is 2.39. The van der Waals surface area contributed by atoms with Crippen molar-refractivity contribution in [3.63, 3.8) is 0 Å². The summed E-state index contributed by atoms with van der Waals surface area (Å²) < 4.78 is -3.28. The molecule has 0 aliphatic heterocycles. The molecule has 14 heavy (non-hydrogen) atoms. The molecule has 0 amide bonds. The monoisotopic (exact) mass is 284 g/mol. The van der Waals surface area contributed by atoms with Crippen LogP contribution in [0.2, 0.25) is 0 Å². The molecule has 0 saturated heterocycles. The summed E-state index contributed by atoms with van der Waals surface area (Å²) in [5.74, 6) is -2.45. The lowest BCUT2D eigenvalue weighted by Crippen LogP contribution is -2.19. The number of aliphatic carboxylic acids is 2. The standard InChI is InChI=1S/2C3H4Cl2O2/c2*1-3(4,5)2(6)7/h2*1H3,(H,6,7). The number of hydrogen-bond donors (Lipinski definition) is 2. The highest BCUT2D eigenvalue weighted by molar-refractivity contribution is 6.57. The van der Waals surface area contributed by atoms with Crippen LogP contribution in [-0.4, -0.2) is 30.8 Å². The van der Waals surface area contributed by atoms with Crippen LogP contribution in [0.1, 0.15) is 13.8 Å². The zero-order valence-electron chi connectivity index (χ0n) is 7.22. The molecule has 0 atom stereocenters. The van der Waals surface area contributed by atoms with E-state index < -0.39 is 20.6 Å². The molecule has 0 radical (unpaired) electrons. The molecule has 8 heteroatoms. The number of carboxylic acid groups (broad SMARTS) is 2. The minimum absolute atomic E-state index is 1.19. The van der Waals surface area contributed by atoms with Gasteiger partial charge in [0.25, 0.3) is 0 Å². The summed E-state index contributed by atoms with van der Waals surface area (Å²) in [6.45, 7) is 2.39. The highest BCUT2D eigenvalue weighted by atomic mass is 35.5. The highest BCUT2D eigenvalue weighted by Gasteiger charge is 2.26. The van der Waals surface area contributed by atoms with Gasteiger partial charge in [-0.15, -0.1) is 0 Å². The lowest BCUT2D eigenvalue weighted by molar-refractivity contribution is -0.138. The average Bonchev–Trinajstić information content (AvgIpc) is 1.83. The molecule has 0 aliphatic carbocycles. The van der Waals surface area contributed by atoms with Gasteiger partial charge in [0.1, 0.15) is 0 Å². The van der Waals surface area contributed by atoms with Gasteiger partial charge in [-0.05, 0) is 13.8 Å². The van der Waals surface area contributed by atoms with E-state index >= 15 is 0 Å². The van der Waals surface area contributed by atoms with E-state index in [4.69, 9.17) is 56.6 Å². The van der Waals surface area contributed by atoms with Crippen LogP contribution in [0.3, 0.4) is 0 Å². The molecule has 4 nitrogen and oxygen atoms in total.